The Morgan fingerprint density at radius 2 is 1.93 bits per heavy atom. The number of aromatic nitrogens is 2. The molecule has 146 valence electrons. The number of nitro groups is 1. The van der Waals surface area contributed by atoms with Crippen molar-refractivity contribution in [3.05, 3.63) is 56.6 Å². The Morgan fingerprint density at radius 3 is 2.41 bits per heavy atom. The summed E-state index contributed by atoms with van der Waals surface area (Å²) in [6, 6.07) is 3.96. The Hall–Kier alpha value is -3.51. The molecule has 0 radical (unpaired) electrons. The predicted molar refractivity (Wildman–Crippen MR) is 80.5 cm³/mol. The second-order valence-electron chi connectivity index (χ2n) is 5.28. The van der Waals surface area contributed by atoms with E-state index in [1.165, 1.54) is 6.92 Å². The number of carbonyl (C=O) groups is 1. The van der Waals surface area contributed by atoms with Crippen LogP contribution >= 0.6 is 0 Å². The summed E-state index contributed by atoms with van der Waals surface area (Å²) in [7, 11) is 0. The molecule has 1 N–H and O–H groups in total. The third-order valence-corrected chi connectivity index (χ3v) is 3.19. The fourth-order valence-corrected chi connectivity index (χ4v) is 2.08. The Balaban J connectivity index is 2.03. The van der Waals surface area contributed by atoms with Gasteiger partial charge in [-0.25, -0.2) is 9.59 Å². The van der Waals surface area contributed by atoms with Gasteiger partial charge in [0.15, 0.2) is 0 Å². The number of halogens is 3. The fourth-order valence-electron chi connectivity index (χ4n) is 2.08. The van der Waals surface area contributed by atoms with Crippen molar-refractivity contribution in [1.82, 2.24) is 9.30 Å². The first kappa shape index (κ1) is 19.8. The predicted octanol–water partition coefficient (Wildman–Crippen LogP) is 1.94. The van der Waals surface area contributed by atoms with Gasteiger partial charge in [0, 0.05) is 4.73 Å². The highest BCUT2D eigenvalue weighted by Crippen LogP contribution is 2.23. The van der Waals surface area contributed by atoms with E-state index in [9.17, 15) is 38.1 Å². The maximum absolute atomic E-state index is 12.1. The van der Waals surface area contributed by atoms with Crippen molar-refractivity contribution in [2.45, 2.75) is 25.9 Å². The van der Waals surface area contributed by atoms with Gasteiger partial charge in [-0.05, 0) is 36.1 Å². The minimum atomic E-state index is -4.87. The highest BCUT2D eigenvalue weighted by atomic mass is 19.4. The van der Waals surface area contributed by atoms with Gasteiger partial charge in [-0.2, -0.15) is 0 Å². The normalized spacial score (nSPS) is 12.4. The molecule has 0 bridgehead atoms. The van der Waals surface area contributed by atoms with Gasteiger partial charge >= 0.3 is 23.8 Å². The van der Waals surface area contributed by atoms with E-state index in [1.54, 1.807) is 0 Å². The molecule has 0 fully saturated rings. The second-order valence-corrected chi connectivity index (χ2v) is 5.28. The summed E-state index contributed by atoms with van der Waals surface area (Å²) >= 11 is 0. The molecule has 1 aromatic heterocycles. The summed E-state index contributed by atoms with van der Waals surface area (Å²) in [5.41, 5.74) is -1.17. The van der Waals surface area contributed by atoms with Crippen LogP contribution in [0.15, 0.2) is 35.3 Å². The average Bonchev–Trinajstić information content (AvgIpc) is 2.82. The summed E-state index contributed by atoms with van der Waals surface area (Å²) in [6.45, 7) is 1.08. The van der Waals surface area contributed by atoms with Crippen LogP contribution in [0.25, 0.3) is 0 Å². The van der Waals surface area contributed by atoms with Gasteiger partial charge in [-0.15, -0.1) is 13.2 Å². The molecule has 0 spiro atoms. The first-order chi connectivity index (χ1) is 12.5. The van der Waals surface area contributed by atoms with Crippen LogP contribution in [0.3, 0.4) is 0 Å². The van der Waals surface area contributed by atoms with Crippen LogP contribution in [-0.4, -0.2) is 37.9 Å². The van der Waals surface area contributed by atoms with Gasteiger partial charge in [0.05, 0.1) is 12.1 Å². The molecule has 0 aliphatic carbocycles. The summed E-state index contributed by atoms with van der Waals surface area (Å²) in [5, 5.41) is 20.0. The van der Waals surface area contributed by atoms with E-state index in [0.29, 0.717) is 0 Å². The van der Waals surface area contributed by atoms with Gasteiger partial charge in [0.1, 0.15) is 18.1 Å². The summed E-state index contributed by atoms with van der Waals surface area (Å²) < 4.78 is 45.6. The molecule has 13 heteroatoms. The minimum Gasteiger partial charge on any atom is -0.457 e. The topological polar surface area (TPSA) is 126 Å². The van der Waals surface area contributed by atoms with Crippen molar-refractivity contribution < 1.29 is 37.6 Å². The van der Waals surface area contributed by atoms with Crippen molar-refractivity contribution in [3.8, 4) is 5.75 Å². The van der Waals surface area contributed by atoms with Crippen molar-refractivity contribution in [2.75, 3.05) is 0 Å². The van der Waals surface area contributed by atoms with E-state index in [4.69, 9.17) is 4.74 Å². The lowest BCUT2D eigenvalue weighted by Crippen LogP contribution is -2.29. The van der Waals surface area contributed by atoms with Crippen LogP contribution in [0, 0.1) is 10.1 Å². The molecule has 0 amide bonds. The van der Waals surface area contributed by atoms with E-state index in [1.807, 2.05) is 0 Å². The number of imidazole rings is 1. The third kappa shape index (κ3) is 4.99. The van der Waals surface area contributed by atoms with Crippen molar-refractivity contribution in [3.63, 3.8) is 0 Å². The number of rotatable bonds is 6. The number of nitrogens with zero attached hydrogens (tertiary/aromatic N) is 3. The molecular weight excluding hydrogens is 379 g/mol. The molecule has 1 atom stereocenters. The number of esters is 1. The molecule has 0 saturated carbocycles. The van der Waals surface area contributed by atoms with Crippen molar-refractivity contribution >= 4 is 11.8 Å². The van der Waals surface area contributed by atoms with Gasteiger partial charge in [-0.1, -0.05) is 0 Å². The molecule has 1 aromatic carbocycles. The zero-order valence-electron chi connectivity index (χ0n) is 13.5. The van der Waals surface area contributed by atoms with E-state index < -0.39 is 40.6 Å². The fraction of sp³-hybridized carbons (Fsp3) is 0.286. The van der Waals surface area contributed by atoms with Crippen LogP contribution in [0.2, 0.25) is 0 Å². The number of hydrogen-bond donors (Lipinski definition) is 1. The van der Waals surface area contributed by atoms with Crippen molar-refractivity contribution in [2.24, 2.45) is 0 Å². The summed E-state index contributed by atoms with van der Waals surface area (Å²) in [6.07, 6.45) is -5.03. The monoisotopic (exact) mass is 391 g/mol. The molecule has 0 aliphatic heterocycles. The zero-order chi connectivity index (χ0) is 20.4. The molecule has 1 heterocycles. The van der Waals surface area contributed by atoms with E-state index >= 15 is 0 Å². The average molecular weight is 391 g/mol. The van der Waals surface area contributed by atoms with Crippen LogP contribution in [0.5, 0.6) is 5.75 Å². The first-order valence-electron chi connectivity index (χ1n) is 7.20. The third-order valence-electron chi connectivity index (χ3n) is 3.19. The standard InChI is InChI=1S/C14H12F3N3O7/c1-8(6-18-7-11(20(24)25)19(23)13(18)22)26-12(21)9-2-4-10(5-3-9)27-14(15,16)17/h2-5,7-8,23H,6H2,1H3/t8-/m0/s1. The second kappa shape index (κ2) is 7.39. The molecule has 0 saturated heterocycles. The van der Waals surface area contributed by atoms with Crippen molar-refractivity contribution in [1.29, 1.82) is 0 Å². The molecular formula is C14H12F3N3O7. The molecule has 10 nitrogen and oxygen atoms in total. The Bertz CT molecular complexity index is 902. The lowest BCUT2D eigenvalue weighted by atomic mass is 10.2. The molecule has 0 aliphatic rings. The highest BCUT2D eigenvalue weighted by Gasteiger charge is 2.31. The first-order valence-corrected chi connectivity index (χ1v) is 7.20. The van der Waals surface area contributed by atoms with Crippen LogP contribution in [-0.2, 0) is 11.3 Å². The van der Waals surface area contributed by atoms with Gasteiger partial charge in [-0.3, -0.25) is 4.57 Å². The Kier molecular flexibility index (Phi) is 5.42. The number of ether oxygens (including phenoxy) is 2. The largest absolute Gasteiger partial charge is 0.573 e. The van der Waals surface area contributed by atoms with E-state index in [-0.39, 0.29) is 16.8 Å². The Labute approximate surface area is 148 Å². The van der Waals surface area contributed by atoms with Crippen LogP contribution in [0.4, 0.5) is 19.0 Å². The maximum atomic E-state index is 12.1. The highest BCUT2D eigenvalue weighted by molar-refractivity contribution is 5.89. The Morgan fingerprint density at radius 1 is 1.33 bits per heavy atom. The summed E-state index contributed by atoms with van der Waals surface area (Å²) in [5.74, 6) is -2.28. The van der Waals surface area contributed by atoms with Crippen LogP contribution < -0.4 is 10.4 Å². The van der Waals surface area contributed by atoms with Gasteiger partial charge < -0.3 is 24.8 Å². The van der Waals surface area contributed by atoms with Gasteiger partial charge in [0.2, 0.25) is 0 Å². The smallest absolute Gasteiger partial charge is 0.457 e. The molecule has 2 aromatic rings. The summed E-state index contributed by atoms with van der Waals surface area (Å²) in [4.78, 5) is 33.3. The number of benzene rings is 1. The van der Waals surface area contributed by atoms with E-state index in [2.05, 4.69) is 4.74 Å². The number of alkyl halides is 3. The quantitative estimate of drug-likeness (QED) is 0.345. The maximum Gasteiger partial charge on any atom is 0.573 e. The molecule has 27 heavy (non-hydrogen) atoms. The zero-order valence-corrected chi connectivity index (χ0v) is 13.5. The number of hydrogen-bond acceptors (Lipinski definition) is 7. The minimum absolute atomic E-state index is 0.0746. The molecule has 2 rings (SSSR count). The number of carbonyl (C=O) groups excluding carboxylic acids is 1. The molecule has 0 unspecified atom stereocenters. The lowest BCUT2D eigenvalue weighted by Gasteiger charge is -2.13. The SMILES string of the molecule is C[C@@H](Cn1cc([N+](=O)[O-])n(O)c1=O)OC(=O)c1ccc(OC(F)(F)F)cc1. The van der Waals surface area contributed by atoms with Gasteiger partial charge in [0.25, 0.3) is 0 Å². The van der Waals surface area contributed by atoms with Crippen LogP contribution in [0.1, 0.15) is 17.3 Å². The lowest BCUT2D eigenvalue weighted by molar-refractivity contribution is -0.397. The van der Waals surface area contributed by atoms with E-state index in [0.717, 1.165) is 35.0 Å².